The summed E-state index contributed by atoms with van der Waals surface area (Å²) in [6.07, 6.45) is 6.51. The van der Waals surface area contributed by atoms with E-state index < -0.39 is 5.91 Å². The standard InChI is InChI=1S/C22H22BrClN6O2/c23-18-19(28-29-20(18)27-21(31)16-6-1-2-7-17(16)24)22(32)26-14-5-3-4-12-30(13-14)15-8-10-25-11-9-15/h1-2,6-11,14H,3-5,12-13H2,(H,26,32)(H2,27,28,29,31)/t14-/m1/s1. The van der Waals surface area contributed by atoms with Crippen molar-refractivity contribution in [2.75, 3.05) is 23.3 Å². The maximum absolute atomic E-state index is 12.9. The van der Waals surface area contributed by atoms with Gasteiger partial charge in [0, 0.05) is 37.2 Å². The first-order valence-electron chi connectivity index (χ1n) is 10.3. The highest BCUT2D eigenvalue weighted by Gasteiger charge is 2.24. The Hall–Kier alpha value is -2.91. The molecule has 3 N–H and O–H groups in total. The van der Waals surface area contributed by atoms with Crippen molar-refractivity contribution in [1.29, 1.82) is 0 Å². The maximum Gasteiger partial charge on any atom is 0.270 e. The highest BCUT2D eigenvalue weighted by Crippen LogP contribution is 2.26. The molecule has 0 bridgehead atoms. The van der Waals surface area contributed by atoms with Gasteiger partial charge >= 0.3 is 0 Å². The summed E-state index contributed by atoms with van der Waals surface area (Å²) >= 11 is 9.47. The molecule has 0 radical (unpaired) electrons. The molecule has 1 atom stereocenters. The number of amides is 2. The predicted octanol–water partition coefficient (Wildman–Crippen LogP) is 4.26. The van der Waals surface area contributed by atoms with E-state index >= 15 is 0 Å². The van der Waals surface area contributed by atoms with Gasteiger partial charge in [-0.25, -0.2) is 0 Å². The van der Waals surface area contributed by atoms with Gasteiger partial charge in [0.2, 0.25) is 0 Å². The van der Waals surface area contributed by atoms with Gasteiger partial charge in [0.15, 0.2) is 5.82 Å². The number of H-pyrrole nitrogens is 1. The zero-order chi connectivity index (χ0) is 22.5. The van der Waals surface area contributed by atoms with Crippen LogP contribution in [-0.4, -0.2) is 46.1 Å². The van der Waals surface area contributed by atoms with Gasteiger partial charge in [-0.15, -0.1) is 0 Å². The number of halogens is 2. The molecule has 32 heavy (non-hydrogen) atoms. The molecule has 0 unspecified atom stereocenters. The first kappa shape index (κ1) is 22.3. The lowest BCUT2D eigenvalue weighted by Gasteiger charge is -2.26. The van der Waals surface area contributed by atoms with E-state index in [1.807, 2.05) is 12.1 Å². The van der Waals surface area contributed by atoms with Crippen LogP contribution in [0.3, 0.4) is 0 Å². The van der Waals surface area contributed by atoms with Crippen LogP contribution in [0, 0.1) is 0 Å². The molecule has 1 saturated heterocycles. The molecule has 0 aliphatic carbocycles. The van der Waals surface area contributed by atoms with Crippen LogP contribution in [0.5, 0.6) is 0 Å². The zero-order valence-electron chi connectivity index (χ0n) is 17.1. The van der Waals surface area contributed by atoms with E-state index in [9.17, 15) is 9.59 Å². The Morgan fingerprint density at radius 2 is 1.91 bits per heavy atom. The molecule has 1 aliphatic heterocycles. The van der Waals surface area contributed by atoms with Gasteiger partial charge in [-0.3, -0.25) is 19.7 Å². The summed E-state index contributed by atoms with van der Waals surface area (Å²) in [5.41, 5.74) is 1.66. The number of carbonyl (C=O) groups is 2. The lowest BCUT2D eigenvalue weighted by molar-refractivity contribution is 0.0930. The fourth-order valence-electron chi connectivity index (χ4n) is 3.69. The molecular formula is C22H22BrClN6O2. The lowest BCUT2D eigenvalue weighted by atomic mass is 10.1. The average Bonchev–Trinajstić information content (AvgIpc) is 3.01. The van der Waals surface area contributed by atoms with Crippen molar-refractivity contribution in [2.45, 2.75) is 25.3 Å². The highest BCUT2D eigenvalue weighted by molar-refractivity contribution is 9.10. The summed E-state index contributed by atoms with van der Waals surface area (Å²) < 4.78 is 0.384. The number of benzene rings is 1. The van der Waals surface area contributed by atoms with Crippen LogP contribution in [-0.2, 0) is 0 Å². The minimum absolute atomic E-state index is 0.0190. The van der Waals surface area contributed by atoms with E-state index in [2.05, 4.69) is 46.6 Å². The quantitative estimate of drug-likeness (QED) is 0.469. The van der Waals surface area contributed by atoms with E-state index in [1.54, 1.807) is 36.7 Å². The molecule has 10 heteroatoms. The van der Waals surface area contributed by atoms with E-state index in [0.717, 1.165) is 31.5 Å². The molecule has 1 aromatic carbocycles. The van der Waals surface area contributed by atoms with Gasteiger partial charge in [-0.1, -0.05) is 23.7 Å². The average molecular weight is 518 g/mol. The largest absolute Gasteiger partial charge is 0.369 e. The normalized spacial score (nSPS) is 16.3. The van der Waals surface area contributed by atoms with Crippen LogP contribution >= 0.6 is 27.5 Å². The Bertz CT molecular complexity index is 1110. The third-order valence-corrected chi connectivity index (χ3v) is 6.42. The number of hydrogen-bond donors (Lipinski definition) is 3. The maximum atomic E-state index is 12.9. The molecule has 0 spiro atoms. The summed E-state index contributed by atoms with van der Waals surface area (Å²) in [6.45, 7) is 1.64. The monoisotopic (exact) mass is 516 g/mol. The molecular weight excluding hydrogens is 496 g/mol. The van der Waals surface area contributed by atoms with Crippen LogP contribution in [0.15, 0.2) is 53.3 Å². The number of aromatic amines is 1. The number of rotatable bonds is 5. The molecule has 166 valence electrons. The van der Waals surface area contributed by atoms with Crippen LogP contribution < -0.4 is 15.5 Å². The van der Waals surface area contributed by atoms with Crippen LogP contribution in [0.1, 0.15) is 40.1 Å². The van der Waals surface area contributed by atoms with E-state index in [-0.39, 0.29) is 23.5 Å². The number of nitrogens with one attached hydrogen (secondary N) is 3. The third kappa shape index (κ3) is 5.11. The van der Waals surface area contributed by atoms with Crippen LogP contribution in [0.2, 0.25) is 5.02 Å². The van der Waals surface area contributed by atoms with Crippen molar-refractivity contribution in [3.63, 3.8) is 0 Å². The molecule has 3 heterocycles. The number of carbonyl (C=O) groups excluding carboxylic acids is 2. The topological polar surface area (TPSA) is 103 Å². The second-order valence-electron chi connectivity index (χ2n) is 7.51. The van der Waals surface area contributed by atoms with Gasteiger partial charge in [-0.2, -0.15) is 5.10 Å². The van der Waals surface area contributed by atoms with Gasteiger partial charge in [-0.05, 0) is 59.5 Å². The Labute approximate surface area is 198 Å². The smallest absolute Gasteiger partial charge is 0.270 e. The van der Waals surface area contributed by atoms with Crippen molar-refractivity contribution in [1.82, 2.24) is 20.5 Å². The fourth-order valence-corrected chi connectivity index (χ4v) is 4.37. The van der Waals surface area contributed by atoms with Crippen molar-refractivity contribution in [3.8, 4) is 0 Å². The lowest BCUT2D eigenvalue weighted by Crippen LogP contribution is -2.43. The van der Waals surface area contributed by atoms with Gasteiger partial charge in [0.1, 0.15) is 5.69 Å². The first-order chi connectivity index (χ1) is 15.5. The Kier molecular flexibility index (Phi) is 7.06. The molecule has 8 nitrogen and oxygen atoms in total. The Morgan fingerprint density at radius 1 is 1.12 bits per heavy atom. The van der Waals surface area contributed by atoms with Crippen LogP contribution in [0.4, 0.5) is 11.5 Å². The number of nitrogens with zero attached hydrogens (tertiary/aromatic N) is 3. The van der Waals surface area contributed by atoms with E-state index in [4.69, 9.17) is 11.6 Å². The number of pyridine rings is 1. The number of anilines is 2. The summed E-state index contributed by atoms with van der Waals surface area (Å²) in [5.74, 6) is -0.477. The van der Waals surface area contributed by atoms with Crippen molar-refractivity contribution < 1.29 is 9.59 Å². The second-order valence-corrected chi connectivity index (χ2v) is 8.71. The third-order valence-electron chi connectivity index (χ3n) is 5.32. The fraction of sp³-hybridized carbons (Fsp3) is 0.273. The summed E-state index contributed by atoms with van der Waals surface area (Å²) in [5, 5.41) is 12.9. The van der Waals surface area contributed by atoms with Gasteiger partial charge < -0.3 is 15.5 Å². The number of aromatic nitrogens is 3. The minimum Gasteiger partial charge on any atom is -0.369 e. The Morgan fingerprint density at radius 3 is 2.69 bits per heavy atom. The highest BCUT2D eigenvalue weighted by atomic mass is 79.9. The Balaban J connectivity index is 1.43. The predicted molar refractivity (Wildman–Crippen MR) is 127 cm³/mol. The summed E-state index contributed by atoms with van der Waals surface area (Å²) in [7, 11) is 0. The second kappa shape index (κ2) is 10.1. The molecule has 1 aliphatic rings. The van der Waals surface area contributed by atoms with E-state index in [0.29, 0.717) is 21.6 Å². The van der Waals surface area contributed by atoms with Gasteiger partial charge in [0.05, 0.1) is 15.1 Å². The molecule has 3 aromatic rings. The molecule has 2 aromatic heterocycles. The molecule has 4 rings (SSSR count). The first-order valence-corrected chi connectivity index (χ1v) is 11.5. The van der Waals surface area contributed by atoms with Crippen molar-refractivity contribution in [3.05, 3.63) is 69.5 Å². The van der Waals surface area contributed by atoms with Gasteiger partial charge in [0.25, 0.3) is 11.8 Å². The summed E-state index contributed by atoms with van der Waals surface area (Å²) in [4.78, 5) is 31.8. The molecule has 1 fully saturated rings. The van der Waals surface area contributed by atoms with Crippen molar-refractivity contribution >= 4 is 50.9 Å². The minimum atomic E-state index is -0.411. The molecule has 2 amide bonds. The van der Waals surface area contributed by atoms with E-state index in [1.165, 1.54) is 0 Å². The summed E-state index contributed by atoms with van der Waals surface area (Å²) in [6, 6.07) is 10.7. The van der Waals surface area contributed by atoms with Crippen LogP contribution in [0.25, 0.3) is 0 Å². The zero-order valence-corrected chi connectivity index (χ0v) is 19.5. The molecule has 0 saturated carbocycles. The number of hydrogen-bond acceptors (Lipinski definition) is 5. The van der Waals surface area contributed by atoms with Crippen molar-refractivity contribution in [2.24, 2.45) is 0 Å². The SMILES string of the molecule is O=C(Nc1n[nH]c(C(=O)N[C@@H]2CCCCN(c3ccncc3)C2)c1Br)c1ccccc1Cl.